The van der Waals surface area contributed by atoms with Gasteiger partial charge in [0.25, 0.3) is 0 Å². The van der Waals surface area contributed by atoms with Crippen LogP contribution in [0, 0.1) is 0 Å². The first-order valence-electron chi connectivity index (χ1n) is 11.2. The zero-order valence-electron chi connectivity index (χ0n) is 18.6. The van der Waals surface area contributed by atoms with Crippen molar-refractivity contribution in [3.63, 3.8) is 0 Å². The minimum Gasteiger partial charge on any atom is -0.497 e. The number of hydrogen-bond acceptors (Lipinski definition) is 5. The fraction of sp³-hybridized carbons (Fsp3) is 0.480. The molecule has 1 atom stereocenters. The average molecular weight is 424 g/mol. The Balaban J connectivity index is 1.36. The van der Waals surface area contributed by atoms with Gasteiger partial charge in [-0.25, -0.2) is 0 Å². The molecule has 31 heavy (non-hydrogen) atoms. The zero-order chi connectivity index (χ0) is 21.6. The fourth-order valence-electron chi connectivity index (χ4n) is 4.74. The molecule has 0 saturated carbocycles. The van der Waals surface area contributed by atoms with Crippen molar-refractivity contribution in [1.29, 1.82) is 0 Å². The van der Waals surface area contributed by atoms with Crippen LogP contribution in [0.25, 0.3) is 0 Å². The van der Waals surface area contributed by atoms with Crippen LogP contribution in [0.15, 0.2) is 42.5 Å². The van der Waals surface area contributed by atoms with Crippen LogP contribution in [0.1, 0.15) is 42.9 Å². The van der Waals surface area contributed by atoms with Crippen LogP contribution in [-0.2, 0) is 11.3 Å². The summed E-state index contributed by atoms with van der Waals surface area (Å²) in [5.74, 6) is 1.66. The quantitative estimate of drug-likeness (QED) is 0.694. The molecule has 6 heteroatoms. The Labute approximate surface area is 185 Å². The summed E-state index contributed by atoms with van der Waals surface area (Å²) >= 11 is 0. The second-order valence-electron chi connectivity index (χ2n) is 8.46. The highest BCUT2D eigenvalue weighted by atomic mass is 16.5. The molecule has 4 rings (SSSR count). The maximum absolute atomic E-state index is 12.8. The molecule has 2 heterocycles. The second kappa shape index (κ2) is 10.2. The number of anilines is 1. The number of nitrogens with one attached hydrogen (secondary N) is 1. The van der Waals surface area contributed by atoms with E-state index in [0.717, 1.165) is 48.7 Å². The highest BCUT2D eigenvalue weighted by Crippen LogP contribution is 2.38. The molecule has 0 radical (unpaired) electrons. The molecule has 0 unspecified atom stereocenters. The third-order valence-electron chi connectivity index (χ3n) is 6.35. The minimum atomic E-state index is 0.0149. The van der Waals surface area contributed by atoms with Crippen molar-refractivity contribution in [2.75, 3.05) is 45.7 Å². The van der Waals surface area contributed by atoms with Crippen LogP contribution >= 0.6 is 0 Å². The predicted octanol–water partition coefficient (Wildman–Crippen LogP) is 4.08. The van der Waals surface area contributed by atoms with Gasteiger partial charge in [-0.2, -0.15) is 0 Å². The average Bonchev–Trinajstić information content (AvgIpc) is 3.46. The van der Waals surface area contributed by atoms with Crippen LogP contribution in [0.2, 0.25) is 0 Å². The summed E-state index contributed by atoms with van der Waals surface area (Å²) in [6, 6.07) is 14.3. The fourth-order valence-corrected chi connectivity index (χ4v) is 4.74. The molecule has 166 valence electrons. The van der Waals surface area contributed by atoms with E-state index in [0.29, 0.717) is 6.54 Å². The topological polar surface area (TPSA) is 54.0 Å². The van der Waals surface area contributed by atoms with Gasteiger partial charge >= 0.3 is 0 Å². The zero-order valence-corrected chi connectivity index (χ0v) is 18.6. The van der Waals surface area contributed by atoms with Gasteiger partial charge in [0, 0.05) is 23.8 Å². The lowest BCUT2D eigenvalue weighted by molar-refractivity contribution is -0.117. The monoisotopic (exact) mass is 423 g/mol. The molecule has 0 aliphatic carbocycles. The van der Waals surface area contributed by atoms with Crippen molar-refractivity contribution in [3.05, 3.63) is 53.6 Å². The maximum Gasteiger partial charge on any atom is 0.238 e. The van der Waals surface area contributed by atoms with Crippen molar-refractivity contribution < 1.29 is 14.3 Å². The summed E-state index contributed by atoms with van der Waals surface area (Å²) in [6.45, 7) is 4.63. The van der Waals surface area contributed by atoms with Gasteiger partial charge in [-0.3, -0.25) is 14.6 Å². The number of carbonyl (C=O) groups excluding carboxylic acids is 1. The van der Waals surface area contributed by atoms with E-state index in [2.05, 4.69) is 27.2 Å². The molecule has 2 aromatic rings. The Kier molecular flexibility index (Phi) is 7.10. The number of likely N-dealkylation sites (tertiary alicyclic amines) is 2. The number of rotatable bonds is 8. The molecule has 1 N–H and O–H groups in total. The summed E-state index contributed by atoms with van der Waals surface area (Å²) in [6.07, 6.45) is 4.66. The van der Waals surface area contributed by atoms with Gasteiger partial charge in [0.05, 0.1) is 20.8 Å². The molecular weight excluding hydrogens is 390 g/mol. The first-order chi connectivity index (χ1) is 15.2. The summed E-state index contributed by atoms with van der Waals surface area (Å²) in [5, 5.41) is 3.06. The Bertz CT molecular complexity index is 878. The van der Waals surface area contributed by atoms with Gasteiger partial charge in [0.15, 0.2) is 0 Å². The van der Waals surface area contributed by atoms with Crippen LogP contribution in [0.5, 0.6) is 11.5 Å². The molecule has 2 aliphatic rings. The third-order valence-corrected chi connectivity index (χ3v) is 6.35. The minimum absolute atomic E-state index is 0.0149. The molecule has 2 aliphatic heterocycles. The van der Waals surface area contributed by atoms with Gasteiger partial charge < -0.3 is 14.8 Å². The lowest BCUT2D eigenvalue weighted by Crippen LogP contribution is -2.33. The van der Waals surface area contributed by atoms with E-state index in [-0.39, 0.29) is 11.9 Å². The molecule has 0 aromatic heterocycles. The molecule has 1 amide bonds. The summed E-state index contributed by atoms with van der Waals surface area (Å²) in [5.41, 5.74) is 3.23. The normalized spacial score (nSPS) is 19.5. The number of amides is 1. The van der Waals surface area contributed by atoms with E-state index in [1.54, 1.807) is 14.2 Å². The number of ether oxygens (including phenoxy) is 2. The van der Waals surface area contributed by atoms with Gasteiger partial charge in [-0.05, 0) is 81.2 Å². The Morgan fingerprint density at radius 1 is 1.00 bits per heavy atom. The first kappa shape index (κ1) is 21.7. The number of methoxy groups -OCH3 is 2. The smallest absolute Gasteiger partial charge is 0.238 e. The lowest BCUT2D eigenvalue weighted by Gasteiger charge is -2.26. The number of carbonyl (C=O) groups is 1. The Morgan fingerprint density at radius 2 is 1.77 bits per heavy atom. The van der Waals surface area contributed by atoms with E-state index in [4.69, 9.17) is 9.47 Å². The van der Waals surface area contributed by atoms with Crippen molar-refractivity contribution in [2.45, 2.75) is 38.3 Å². The summed E-state index contributed by atoms with van der Waals surface area (Å²) in [4.78, 5) is 17.5. The van der Waals surface area contributed by atoms with E-state index < -0.39 is 0 Å². The maximum atomic E-state index is 12.8. The number of benzene rings is 2. The van der Waals surface area contributed by atoms with E-state index in [9.17, 15) is 4.79 Å². The lowest BCUT2D eigenvalue weighted by atomic mass is 10.0. The van der Waals surface area contributed by atoms with Crippen LogP contribution in [0.4, 0.5) is 5.69 Å². The van der Waals surface area contributed by atoms with Gasteiger partial charge in [-0.1, -0.05) is 12.1 Å². The van der Waals surface area contributed by atoms with Crippen molar-refractivity contribution >= 4 is 11.6 Å². The van der Waals surface area contributed by atoms with E-state index >= 15 is 0 Å². The first-order valence-corrected chi connectivity index (χ1v) is 11.2. The molecule has 0 bridgehead atoms. The molecule has 2 aromatic carbocycles. The Morgan fingerprint density at radius 3 is 2.48 bits per heavy atom. The van der Waals surface area contributed by atoms with Gasteiger partial charge in [-0.15, -0.1) is 0 Å². The highest BCUT2D eigenvalue weighted by Gasteiger charge is 2.30. The Hall–Kier alpha value is -2.57. The van der Waals surface area contributed by atoms with Crippen LogP contribution in [-0.4, -0.2) is 56.1 Å². The summed E-state index contributed by atoms with van der Waals surface area (Å²) in [7, 11) is 3.35. The molecule has 2 fully saturated rings. The van der Waals surface area contributed by atoms with Crippen molar-refractivity contribution in [2.24, 2.45) is 0 Å². The molecule has 0 spiro atoms. The third kappa shape index (κ3) is 5.38. The second-order valence-corrected chi connectivity index (χ2v) is 8.46. The largest absolute Gasteiger partial charge is 0.497 e. The van der Waals surface area contributed by atoms with Gasteiger partial charge in [0.1, 0.15) is 11.5 Å². The summed E-state index contributed by atoms with van der Waals surface area (Å²) < 4.78 is 11.0. The van der Waals surface area contributed by atoms with E-state index in [1.165, 1.54) is 31.5 Å². The highest BCUT2D eigenvalue weighted by molar-refractivity contribution is 5.92. The molecular formula is C25H33N3O3. The van der Waals surface area contributed by atoms with Crippen molar-refractivity contribution in [1.82, 2.24) is 9.80 Å². The number of hydrogen-bond donors (Lipinski definition) is 1. The standard InChI is InChI=1S/C25H33N3O3/c1-30-21-11-12-24(31-2)22(16-21)23-6-5-15-28(23)18-25(29)26-20-9-7-19(8-10-20)17-27-13-3-4-14-27/h7-12,16,23H,3-6,13-15,17-18H2,1-2H3,(H,26,29)/t23-/m1/s1. The number of nitrogens with zero attached hydrogens (tertiary/aromatic N) is 2. The van der Waals surface area contributed by atoms with Crippen molar-refractivity contribution in [3.8, 4) is 11.5 Å². The van der Waals surface area contributed by atoms with E-state index in [1.807, 2.05) is 30.3 Å². The molecule has 6 nitrogen and oxygen atoms in total. The van der Waals surface area contributed by atoms with Crippen LogP contribution in [0.3, 0.4) is 0 Å². The molecule has 2 saturated heterocycles. The van der Waals surface area contributed by atoms with Crippen LogP contribution < -0.4 is 14.8 Å². The van der Waals surface area contributed by atoms with Gasteiger partial charge in [0.2, 0.25) is 5.91 Å². The SMILES string of the molecule is COc1ccc(OC)c([C@H]2CCCN2CC(=O)Nc2ccc(CN3CCCC3)cc2)c1. The predicted molar refractivity (Wildman–Crippen MR) is 123 cm³/mol.